The summed E-state index contributed by atoms with van der Waals surface area (Å²) in [4.78, 5) is 4.18. The quantitative estimate of drug-likeness (QED) is 0.689. The fraction of sp³-hybridized carbons (Fsp3) is 0.667. The molecule has 0 saturated carbocycles. The van der Waals surface area contributed by atoms with Crippen molar-refractivity contribution in [3.05, 3.63) is 17.7 Å². The van der Waals surface area contributed by atoms with Crippen molar-refractivity contribution in [1.82, 2.24) is 9.55 Å². The highest BCUT2D eigenvalue weighted by atomic mass is 16.3. The van der Waals surface area contributed by atoms with Crippen LogP contribution in [0.25, 0.3) is 0 Å². The van der Waals surface area contributed by atoms with E-state index in [2.05, 4.69) is 4.98 Å². The topological polar surface area (TPSA) is 58.3 Å². The average Bonchev–Trinajstić information content (AvgIpc) is 2.51. The Morgan fingerprint density at radius 1 is 1.62 bits per heavy atom. The van der Waals surface area contributed by atoms with Crippen molar-refractivity contribution < 1.29 is 10.2 Å². The van der Waals surface area contributed by atoms with Gasteiger partial charge < -0.3 is 14.8 Å². The zero-order valence-corrected chi connectivity index (χ0v) is 7.48. The largest absolute Gasteiger partial charge is 0.396 e. The van der Waals surface area contributed by atoms with Crippen LogP contribution in [0, 0.1) is 0 Å². The number of aliphatic hydroxyl groups excluding tert-OH is 2. The highest BCUT2D eigenvalue weighted by molar-refractivity contribution is 5.09. The van der Waals surface area contributed by atoms with Crippen LogP contribution >= 0.6 is 0 Å². The number of hydrogen-bond acceptors (Lipinski definition) is 3. The Hall–Kier alpha value is -0.870. The van der Waals surface area contributed by atoms with Crippen LogP contribution in [0.5, 0.6) is 0 Å². The molecule has 2 N–H and O–H groups in total. The molecule has 1 aliphatic heterocycles. The first kappa shape index (κ1) is 8.72. The molecule has 0 aromatic carbocycles. The second kappa shape index (κ2) is 3.47. The van der Waals surface area contributed by atoms with Crippen LogP contribution in [0.2, 0.25) is 0 Å². The summed E-state index contributed by atoms with van der Waals surface area (Å²) in [6, 6.07) is 0. The van der Waals surface area contributed by atoms with Crippen molar-refractivity contribution in [3.8, 4) is 0 Å². The Morgan fingerprint density at radius 3 is 3.23 bits per heavy atom. The highest BCUT2D eigenvalue weighted by Crippen LogP contribution is 2.24. The standard InChI is InChI=1S/C9H14N2O2/c12-5-4-8-10-6-7-2-1-3-9(13)11(7)8/h6,9,12-13H,1-5H2. The van der Waals surface area contributed by atoms with E-state index in [-0.39, 0.29) is 6.61 Å². The van der Waals surface area contributed by atoms with Gasteiger partial charge in [-0.3, -0.25) is 0 Å². The summed E-state index contributed by atoms with van der Waals surface area (Å²) in [5.41, 5.74) is 1.09. The summed E-state index contributed by atoms with van der Waals surface area (Å²) in [6.07, 6.45) is 4.68. The van der Waals surface area contributed by atoms with Gasteiger partial charge in [0.2, 0.25) is 0 Å². The Balaban J connectivity index is 2.32. The third-order valence-electron chi connectivity index (χ3n) is 2.48. The minimum absolute atomic E-state index is 0.0865. The fourth-order valence-electron chi connectivity index (χ4n) is 1.87. The summed E-state index contributed by atoms with van der Waals surface area (Å²) in [7, 11) is 0. The van der Waals surface area contributed by atoms with E-state index >= 15 is 0 Å². The maximum absolute atomic E-state index is 9.70. The molecular weight excluding hydrogens is 168 g/mol. The second-order valence-corrected chi connectivity index (χ2v) is 3.38. The van der Waals surface area contributed by atoms with Crippen molar-refractivity contribution in [2.24, 2.45) is 0 Å². The third-order valence-corrected chi connectivity index (χ3v) is 2.48. The lowest BCUT2D eigenvalue weighted by Gasteiger charge is -2.22. The van der Waals surface area contributed by atoms with Gasteiger partial charge in [0.15, 0.2) is 0 Å². The number of aromatic nitrogens is 2. The van der Waals surface area contributed by atoms with Gasteiger partial charge in [0.25, 0.3) is 0 Å². The van der Waals surface area contributed by atoms with Crippen LogP contribution in [0.4, 0.5) is 0 Å². The Morgan fingerprint density at radius 2 is 2.46 bits per heavy atom. The number of aliphatic hydroxyl groups is 2. The van der Waals surface area contributed by atoms with Gasteiger partial charge in [-0.25, -0.2) is 4.98 Å². The lowest BCUT2D eigenvalue weighted by molar-refractivity contribution is 0.0750. The molecule has 1 aromatic rings. The number of aryl methyl sites for hydroxylation is 1. The first-order valence-corrected chi connectivity index (χ1v) is 4.67. The molecule has 1 aromatic heterocycles. The molecule has 0 spiro atoms. The molecule has 1 aliphatic rings. The van der Waals surface area contributed by atoms with Gasteiger partial charge in [0, 0.05) is 18.3 Å². The molecule has 0 bridgehead atoms. The molecular formula is C9H14N2O2. The SMILES string of the molecule is OCCc1ncc2n1C(O)CCC2. The van der Waals surface area contributed by atoms with Crippen LogP contribution < -0.4 is 0 Å². The zero-order chi connectivity index (χ0) is 9.26. The van der Waals surface area contributed by atoms with E-state index in [0.717, 1.165) is 30.8 Å². The van der Waals surface area contributed by atoms with Crippen LogP contribution in [0.1, 0.15) is 30.6 Å². The Bertz CT molecular complexity index is 296. The number of fused-ring (bicyclic) bond motifs is 1. The van der Waals surface area contributed by atoms with E-state index in [1.165, 1.54) is 0 Å². The monoisotopic (exact) mass is 182 g/mol. The van der Waals surface area contributed by atoms with Crippen molar-refractivity contribution in [2.75, 3.05) is 6.61 Å². The predicted octanol–water partition coefficient (Wildman–Crippen LogP) is 0.245. The van der Waals surface area contributed by atoms with Gasteiger partial charge in [-0.15, -0.1) is 0 Å². The summed E-state index contributed by atoms with van der Waals surface area (Å²) in [5, 5.41) is 18.5. The van der Waals surface area contributed by atoms with Crippen molar-refractivity contribution in [3.63, 3.8) is 0 Å². The number of rotatable bonds is 2. The van der Waals surface area contributed by atoms with Crippen LogP contribution in [-0.2, 0) is 12.8 Å². The minimum Gasteiger partial charge on any atom is -0.396 e. The lowest BCUT2D eigenvalue weighted by atomic mass is 10.1. The van der Waals surface area contributed by atoms with Crippen molar-refractivity contribution in [2.45, 2.75) is 31.9 Å². The fourth-order valence-corrected chi connectivity index (χ4v) is 1.87. The van der Waals surface area contributed by atoms with E-state index in [1.807, 2.05) is 4.57 Å². The summed E-state index contributed by atoms with van der Waals surface area (Å²) < 4.78 is 1.85. The van der Waals surface area contributed by atoms with E-state index in [4.69, 9.17) is 5.11 Å². The predicted molar refractivity (Wildman–Crippen MR) is 47.2 cm³/mol. The first-order valence-electron chi connectivity index (χ1n) is 4.67. The maximum Gasteiger partial charge on any atom is 0.132 e. The van der Waals surface area contributed by atoms with E-state index in [0.29, 0.717) is 6.42 Å². The Labute approximate surface area is 76.8 Å². The first-order chi connectivity index (χ1) is 6.33. The Kier molecular flexibility index (Phi) is 2.33. The molecule has 2 rings (SSSR count). The molecule has 0 amide bonds. The van der Waals surface area contributed by atoms with Gasteiger partial charge in [0.1, 0.15) is 12.1 Å². The maximum atomic E-state index is 9.70. The summed E-state index contributed by atoms with van der Waals surface area (Å²) in [5.74, 6) is 0.796. The molecule has 4 heteroatoms. The van der Waals surface area contributed by atoms with E-state index < -0.39 is 6.23 Å². The molecule has 2 heterocycles. The van der Waals surface area contributed by atoms with Crippen LogP contribution in [0.15, 0.2) is 6.20 Å². The normalized spacial score (nSPS) is 21.5. The van der Waals surface area contributed by atoms with Gasteiger partial charge in [0.05, 0.1) is 6.61 Å². The molecule has 0 saturated heterocycles. The highest BCUT2D eigenvalue weighted by Gasteiger charge is 2.20. The summed E-state index contributed by atoms with van der Waals surface area (Å²) in [6.45, 7) is 0.0865. The number of hydrogen-bond donors (Lipinski definition) is 2. The molecule has 13 heavy (non-hydrogen) atoms. The molecule has 0 aliphatic carbocycles. The summed E-state index contributed by atoms with van der Waals surface area (Å²) >= 11 is 0. The van der Waals surface area contributed by atoms with Crippen molar-refractivity contribution in [1.29, 1.82) is 0 Å². The molecule has 0 radical (unpaired) electrons. The number of imidazole rings is 1. The molecule has 1 atom stereocenters. The molecule has 72 valence electrons. The second-order valence-electron chi connectivity index (χ2n) is 3.38. The average molecular weight is 182 g/mol. The van der Waals surface area contributed by atoms with Crippen LogP contribution in [0.3, 0.4) is 0 Å². The van der Waals surface area contributed by atoms with Gasteiger partial charge in [-0.05, 0) is 19.3 Å². The lowest BCUT2D eigenvalue weighted by Crippen LogP contribution is -2.19. The van der Waals surface area contributed by atoms with Gasteiger partial charge >= 0.3 is 0 Å². The van der Waals surface area contributed by atoms with Gasteiger partial charge in [-0.1, -0.05) is 0 Å². The minimum atomic E-state index is -0.437. The molecule has 4 nitrogen and oxygen atoms in total. The van der Waals surface area contributed by atoms with E-state index in [1.54, 1.807) is 6.20 Å². The van der Waals surface area contributed by atoms with Crippen LogP contribution in [-0.4, -0.2) is 26.4 Å². The van der Waals surface area contributed by atoms with Crippen molar-refractivity contribution >= 4 is 0 Å². The van der Waals surface area contributed by atoms with Gasteiger partial charge in [-0.2, -0.15) is 0 Å². The molecule has 0 fully saturated rings. The third kappa shape index (κ3) is 1.47. The number of nitrogens with zero attached hydrogens (tertiary/aromatic N) is 2. The molecule has 1 unspecified atom stereocenters. The zero-order valence-electron chi connectivity index (χ0n) is 7.48. The van der Waals surface area contributed by atoms with E-state index in [9.17, 15) is 5.11 Å². The smallest absolute Gasteiger partial charge is 0.132 e.